The van der Waals surface area contributed by atoms with Crippen molar-refractivity contribution < 1.29 is 9.53 Å². The number of ether oxygens (including phenoxy) is 1. The summed E-state index contributed by atoms with van der Waals surface area (Å²) in [6, 6.07) is 10.5. The highest BCUT2D eigenvalue weighted by Gasteiger charge is 2.52. The second kappa shape index (κ2) is 6.16. The Hall–Kier alpha value is -1.39. The summed E-state index contributed by atoms with van der Waals surface area (Å²) < 4.78 is 5.22. The van der Waals surface area contributed by atoms with E-state index in [0.717, 1.165) is 25.9 Å². The van der Waals surface area contributed by atoms with Crippen molar-refractivity contribution in [2.45, 2.75) is 30.7 Å². The average molecular weight is 288 g/mol. The number of amides is 1. The second-order valence-corrected chi connectivity index (χ2v) is 6.06. The lowest BCUT2D eigenvalue weighted by Gasteiger charge is -2.45. The molecule has 0 unspecified atom stereocenters. The SMILES string of the molecule is COCCN1C(=O)C[C@@H](c2ccccc2)C12CCNCC2. The summed E-state index contributed by atoms with van der Waals surface area (Å²) in [5, 5.41) is 3.43. The van der Waals surface area contributed by atoms with Gasteiger partial charge in [-0.25, -0.2) is 0 Å². The van der Waals surface area contributed by atoms with Gasteiger partial charge in [-0.1, -0.05) is 30.3 Å². The van der Waals surface area contributed by atoms with Gasteiger partial charge in [-0.05, 0) is 31.5 Å². The van der Waals surface area contributed by atoms with Crippen LogP contribution in [0.5, 0.6) is 0 Å². The molecule has 1 aromatic rings. The highest BCUT2D eigenvalue weighted by atomic mass is 16.5. The first-order chi connectivity index (χ1) is 10.3. The van der Waals surface area contributed by atoms with E-state index in [1.54, 1.807) is 7.11 Å². The molecule has 1 amide bonds. The van der Waals surface area contributed by atoms with Crippen LogP contribution in [-0.4, -0.2) is 49.7 Å². The van der Waals surface area contributed by atoms with Crippen LogP contribution in [0, 0.1) is 0 Å². The zero-order chi connectivity index (χ0) is 14.7. The van der Waals surface area contributed by atoms with Crippen molar-refractivity contribution in [2.75, 3.05) is 33.4 Å². The van der Waals surface area contributed by atoms with Gasteiger partial charge in [0, 0.05) is 26.0 Å². The highest BCUT2D eigenvalue weighted by molar-refractivity contribution is 5.81. The first kappa shape index (κ1) is 14.5. The minimum absolute atomic E-state index is 0.0256. The lowest BCUT2D eigenvalue weighted by Crippen LogP contribution is -2.55. The largest absolute Gasteiger partial charge is 0.383 e. The van der Waals surface area contributed by atoms with Crippen LogP contribution in [0.3, 0.4) is 0 Å². The minimum Gasteiger partial charge on any atom is -0.383 e. The van der Waals surface area contributed by atoms with Gasteiger partial charge in [0.25, 0.3) is 0 Å². The fourth-order valence-electron chi connectivity index (χ4n) is 4.03. The molecular formula is C17H24N2O2. The van der Waals surface area contributed by atoms with Crippen LogP contribution in [0.1, 0.15) is 30.7 Å². The van der Waals surface area contributed by atoms with E-state index >= 15 is 0 Å². The Morgan fingerprint density at radius 2 is 2.00 bits per heavy atom. The number of nitrogens with zero attached hydrogens (tertiary/aromatic N) is 1. The van der Waals surface area contributed by atoms with E-state index in [4.69, 9.17) is 4.74 Å². The quantitative estimate of drug-likeness (QED) is 0.918. The van der Waals surface area contributed by atoms with E-state index < -0.39 is 0 Å². The first-order valence-electron chi connectivity index (χ1n) is 7.83. The standard InChI is InChI=1S/C17H24N2O2/c1-21-12-11-19-16(20)13-15(14-5-3-2-4-6-14)17(19)7-9-18-10-8-17/h2-6,15,18H,7-13H2,1H3/t15-/m0/s1. The second-order valence-electron chi connectivity index (χ2n) is 6.06. The Kier molecular flexibility index (Phi) is 4.27. The molecule has 1 N–H and O–H groups in total. The van der Waals surface area contributed by atoms with Crippen molar-refractivity contribution in [3.8, 4) is 0 Å². The van der Waals surface area contributed by atoms with Crippen molar-refractivity contribution >= 4 is 5.91 Å². The van der Waals surface area contributed by atoms with Gasteiger partial charge >= 0.3 is 0 Å². The Balaban J connectivity index is 1.94. The molecule has 2 heterocycles. The smallest absolute Gasteiger partial charge is 0.223 e. The molecule has 0 radical (unpaired) electrons. The summed E-state index contributed by atoms with van der Waals surface area (Å²) in [5.74, 6) is 0.591. The van der Waals surface area contributed by atoms with Crippen molar-refractivity contribution in [3.05, 3.63) is 35.9 Å². The Morgan fingerprint density at radius 1 is 1.29 bits per heavy atom. The van der Waals surface area contributed by atoms with Crippen molar-refractivity contribution in [1.82, 2.24) is 10.2 Å². The third-order valence-corrected chi connectivity index (χ3v) is 5.06. The van der Waals surface area contributed by atoms with Gasteiger partial charge in [0.2, 0.25) is 5.91 Å². The molecule has 4 nitrogen and oxygen atoms in total. The number of benzene rings is 1. The molecule has 2 aliphatic heterocycles. The van der Waals surface area contributed by atoms with Crippen LogP contribution in [0.4, 0.5) is 0 Å². The number of likely N-dealkylation sites (tertiary alicyclic amines) is 1. The molecule has 3 rings (SSSR count). The highest BCUT2D eigenvalue weighted by Crippen LogP contribution is 2.47. The van der Waals surface area contributed by atoms with Gasteiger partial charge in [0.05, 0.1) is 12.1 Å². The van der Waals surface area contributed by atoms with E-state index in [9.17, 15) is 4.79 Å². The maximum Gasteiger partial charge on any atom is 0.223 e. The maximum atomic E-state index is 12.6. The summed E-state index contributed by atoms with van der Waals surface area (Å²) in [6.45, 7) is 3.29. The van der Waals surface area contributed by atoms with Gasteiger partial charge in [0.15, 0.2) is 0 Å². The van der Waals surface area contributed by atoms with Gasteiger partial charge < -0.3 is 15.0 Å². The number of hydrogen-bond acceptors (Lipinski definition) is 3. The summed E-state index contributed by atoms with van der Waals surface area (Å²) in [5.41, 5.74) is 1.27. The number of piperidine rings is 1. The lowest BCUT2D eigenvalue weighted by molar-refractivity contribution is -0.132. The molecule has 0 aromatic heterocycles. The molecule has 1 aromatic carbocycles. The third kappa shape index (κ3) is 2.58. The molecule has 1 atom stereocenters. The van der Waals surface area contributed by atoms with Crippen molar-refractivity contribution in [3.63, 3.8) is 0 Å². The van der Waals surface area contributed by atoms with E-state index in [1.165, 1.54) is 5.56 Å². The average Bonchev–Trinajstić information content (AvgIpc) is 2.79. The molecule has 0 aliphatic carbocycles. The Bertz CT molecular complexity index is 483. The van der Waals surface area contributed by atoms with Crippen LogP contribution in [0.15, 0.2) is 30.3 Å². The van der Waals surface area contributed by atoms with Crippen LogP contribution in [0.2, 0.25) is 0 Å². The summed E-state index contributed by atoms with van der Waals surface area (Å²) >= 11 is 0. The number of hydrogen-bond donors (Lipinski definition) is 1. The fraction of sp³-hybridized carbons (Fsp3) is 0.588. The van der Waals surface area contributed by atoms with E-state index in [1.807, 2.05) is 6.07 Å². The molecule has 0 saturated carbocycles. The molecule has 114 valence electrons. The maximum absolute atomic E-state index is 12.6. The van der Waals surface area contributed by atoms with Gasteiger partial charge in [-0.2, -0.15) is 0 Å². The molecule has 2 saturated heterocycles. The first-order valence-corrected chi connectivity index (χ1v) is 7.83. The molecule has 2 fully saturated rings. The van der Waals surface area contributed by atoms with Crippen molar-refractivity contribution in [2.24, 2.45) is 0 Å². The normalized spacial score (nSPS) is 24.7. The molecule has 4 heteroatoms. The van der Waals surface area contributed by atoms with E-state index in [-0.39, 0.29) is 11.4 Å². The Labute approximate surface area is 126 Å². The van der Waals surface area contributed by atoms with Gasteiger partial charge in [-0.3, -0.25) is 4.79 Å². The number of methoxy groups -OCH3 is 1. The molecular weight excluding hydrogens is 264 g/mol. The zero-order valence-corrected chi connectivity index (χ0v) is 12.7. The summed E-state index contributed by atoms with van der Waals surface area (Å²) in [4.78, 5) is 14.7. The zero-order valence-electron chi connectivity index (χ0n) is 12.7. The van der Waals surface area contributed by atoms with Crippen LogP contribution in [-0.2, 0) is 9.53 Å². The van der Waals surface area contributed by atoms with E-state index in [0.29, 0.717) is 25.5 Å². The van der Waals surface area contributed by atoms with Crippen molar-refractivity contribution in [1.29, 1.82) is 0 Å². The van der Waals surface area contributed by atoms with E-state index in [2.05, 4.69) is 34.5 Å². The molecule has 0 bridgehead atoms. The van der Waals surface area contributed by atoms with Crippen LogP contribution in [0.25, 0.3) is 0 Å². The Morgan fingerprint density at radius 3 is 2.67 bits per heavy atom. The predicted molar refractivity (Wildman–Crippen MR) is 82.2 cm³/mol. The predicted octanol–water partition coefficient (Wildman–Crippen LogP) is 1.77. The number of carbonyl (C=O) groups is 1. The van der Waals surface area contributed by atoms with Crippen LogP contribution >= 0.6 is 0 Å². The third-order valence-electron chi connectivity index (χ3n) is 5.06. The lowest BCUT2D eigenvalue weighted by atomic mass is 9.74. The monoisotopic (exact) mass is 288 g/mol. The summed E-state index contributed by atoms with van der Waals surface area (Å²) in [6.07, 6.45) is 2.69. The number of carbonyl (C=O) groups excluding carboxylic acids is 1. The van der Waals surface area contributed by atoms with Crippen LogP contribution < -0.4 is 5.32 Å². The fourth-order valence-corrected chi connectivity index (χ4v) is 4.03. The molecule has 21 heavy (non-hydrogen) atoms. The number of rotatable bonds is 4. The number of nitrogens with one attached hydrogen (secondary N) is 1. The van der Waals surface area contributed by atoms with Gasteiger partial charge in [0.1, 0.15) is 0 Å². The summed E-state index contributed by atoms with van der Waals surface area (Å²) in [7, 11) is 1.70. The molecule has 2 aliphatic rings. The molecule has 1 spiro atoms. The van der Waals surface area contributed by atoms with Gasteiger partial charge in [-0.15, -0.1) is 0 Å². The minimum atomic E-state index is -0.0256. The topological polar surface area (TPSA) is 41.6 Å².